The van der Waals surface area contributed by atoms with Crippen molar-refractivity contribution in [2.24, 2.45) is 0 Å². The number of aromatic nitrogens is 5. The minimum absolute atomic E-state index is 0.207. The van der Waals surface area contributed by atoms with Crippen molar-refractivity contribution in [2.45, 2.75) is 46.7 Å². The van der Waals surface area contributed by atoms with Crippen LogP contribution in [0.5, 0.6) is 0 Å². The van der Waals surface area contributed by atoms with Crippen molar-refractivity contribution in [1.82, 2.24) is 30.2 Å². The summed E-state index contributed by atoms with van der Waals surface area (Å²) in [6.45, 7) is 7.95. The molecule has 3 aromatic rings. The van der Waals surface area contributed by atoms with Gasteiger partial charge in [0.25, 0.3) is 5.91 Å². The first-order chi connectivity index (χ1) is 11.5. The SMILES string of the molecule is CCC(C)n1ncc2c(C(=O)NCc3noc(C)n3)cc(C)nc21. The number of aryl methyl sites for hydroxylation is 2. The molecule has 3 rings (SSSR count). The molecule has 0 bridgehead atoms. The number of nitrogens with one attached hydrogen (secondary N) is 1. The zero-order valence-electron chi connectivity index (χ0n) is 14.2. The molecule has 0 spiro atoms. The van der Waals surface area contributed by atoms with Crippen LogP contribution in [0.3, 0.4) is 0 Å². The van der Waals surface area contributed by atoms with Crippen LogP contribution in [-0.4, -0.2) is 30.8 Å². The highest BCUT2D eigenvalue weighted by Gasteiger charge is 2.18. The molecule has 3 heterocycles. The van der Waals surface area contributed by atoms with Gasteiger partial charge in [0.15, 0.2) is 11.5 Å². The van der Waals surface area contributed by atoms with E-state index in [2.05, 4.69) is 39.4 Å². The first-order valence-electron chi connectivity index (χ1n) is 7.91. The Balaban J connectivity index is 1.90. The minimum Gasteiger partial charge on any atom is -0.345 e. The molecule has 1 amide bonds. The highest BCUT2D eigenvalue weighted by molar-refractivity contribution is 6.05. The molecule has 1 unspecified atom stereocenters. The van der Waals surface area contributed by atoms with Crippen molar-refractivity contribution in [1.29, 1.82) is 0 Å². The maximum Gasteiger partial charge on any atom is 0.252 e. The fraction of sp³-hybridized carbons (Fsp3) is 0.438. The minimum atomic E-state index is -0.211. The average Bonchev–Trinajstić information content (AvgIpc) is 3.17. The largest absolute Gasteiger partial charge is 0.345 e. The molecule has 0 aliphatic carbocycles. The molecule has 1 atom stereocenters. The van der Waals surface area contributed by atoms with E-state index in [0.717, 1.165) is 23.1 Å². The van der Waals surface area contributed by atoms with E-state index in [1.165, 1.54) is 0 Å². The number of amides is 1. The van der Waals surface area contributed by atoms with E-state index in [1.54, 1.807) is 19.2 Å². The lowest BCUT2D eigenvalue weighted by Gasteiger charge is -2.11. The third-order valence-corrected chi connectivity index (χ3v) is 3.92. The third-order valence-electron chi connectivity index (χ3n) is 3.92. The summed E-state index contributed by atoms with van der Waals surface area (Å²) >= 11 is 0. The topological polar surface area (TPSA) is 98.7 Å². The Morgan fingerprint density at radius 1 is 1.38 bits per heavy atom. The van der Waals surface area contributed by atoms with Crippen molar-refractivity contribution in [3.63, 3.8) is 0 Å². The van der Waals surface area contributed by atoms with E-state index < -0.39 is 0 Å². The third kappa shape index (κ3) is 2.99. The van der Waals surface area contributed by atoms with E-state index in [1.807, 2.05) is 11.6 Å². The lowest BCUT2D eigenvalue weighted by atomic mass is 10.1. The standard InChI is InChI=1S/C16H20N6O2/c1-5-10(3)22-15-13(7-18-22)12(6-9(2)19-15)16(23)17-8-14-20-11(4)24-21-14/h6-7,10H,5,8H2,1-4H3,(H,17,23). The molecule has 0 saturated carbocycles. The first kappa shape index (κ1) is 16.1. The first-order valence-corrected chi connectivity index (χ1v) is 7.91. The Bertz CT molecular complexity index is 882. The number of carbonyl (C=O) groups is 1. The van der Waals surface area contributed by atoms with Gasteiger partial charge in [-0.15, -0.1) is 0 Å². The normalized spacial score (nSPS) is 12.5. The highest BCUT2D eigenvalue weighted by Crippen LogP contribution is 2.22. The Kier molecular flexibility index (Phi) is 4.28. The van der Waals surface area contributed by atoms with E-state index >= 15 is 0 Å². The molecule has 8 heteroatoms. The van der Waals surface area contributed by atoms with Crippen LogP contribution in [0.15, 0.2) is 16.8 Å². The van der Waals surface area contributed by atoms with Gasteiger partial charge in [0.2, 0.25) is 5.89 Å². The molecular weight excluding hydrogens is 308 g/mol. The number of hydrogen-bond acceptors (Lipinski definition) is 6. The predicted molar refractivity (Wildman–Crippen MR) is 87.5 cm³/mol. The Morgan fingerprint density at radius 2 is 2.17 bits per heavy atom. The number of pyridine rings is 1. The molecule has 0 aliphatic heterocycles. The lowest BCUT2D eigenvalue weighted by molar-refractivity contribution is 0.0951. The Morgan fingerprint density at radius 3 is 2.83 bits per heavy atom. The van der Waals surface area contributed by atoms with Gasteiger partial charge in [-0.05, 0) is 26.3 Å². The molecule has 8 nitrogen and oxygen atoms in total. The van der Waals surface area contributed by atoms with Gasteiger partial charge in [-0.1, -0.05) is 12.1 Å². The van der Waals surface area contributed by atoms with Crippen LogP contribution in [-0.2, 0) is 6.54 Å². The molecule has 0 fully saturated rings. The second-order valence-corrected chi connectivity index (χ2v) is 5.81. The summed E-state index contributed by atoms with van der Waals surface area (Å²) in [5.74, 6) is 0.700. The number of hydrogen-bond donors (Lipinski definition) is 1. The summed E-state index contributed by atoms with van der Waals surface area (Å²) in [7, 11) is 0. The van der Waals surface area contributed by atoms with Gasteiger partial charge in [-0.3, -0.25) is 4.79 Å². The van der Waals surface area contributed by atoms with Crippen molar-refractivity contribution >= 4 is 16.9 Å². The Hall–Kier alpha value is -2.77. The summed E-state index contributed by atoms with van der Waals surface area (Å²) in [5.41, 5.74) is 2.05. The molecule has 0 aromatic carbocycles. The second-order valence-electron chi connectivity index (χ2n) is 5.81. The molecule has 0 radical (unpaired) electrons. The number of nitrogens with zero attached hydrogens (tertiary/aromatic N) is 5. The summed E-state index contributed by atoms with van der Waals surface area (Å²) in [6.07, 6.45) is 2.63. The average molecular weight is 328 g/mol. The lowest BCUT2D eigenvalue weighted by Crippen LogP contribution is -2.24. The fourth-order valence-corrected chi connectivity index (χ4v) is 2.49. The summed E-state index contributed by atoms with van der Waals surface area (Å²) in [5, 5.41) is 11.7. The zero-order valence-corrected chi connectivity index (χ0v) is 14.2. The van der Waals surface area contributed by atoms with Crippen LogP contribution in [0.1, 0.15) is 54.1 Å². The van der Waals surface area contributed by atoms with Crippen molar-refractivity contribution in [3.05, 3.63) is 35.2 Å². The van der Waals surface area contributed by atoms with Crippen molar-refractivity contribution in [2.75, 3.05) is 0 Å². The highest BCUT2D eigenvalue weighted by atomic mass is 16.5. The van der Waals surface area contributed by atoms with Crippen LogP contribution in [0.4, 0.5) is 0 Å². The van der Waals surface area contributed by atoms with Crippen molar-refractivity contribution < 1.29 is 9.32 Å². The summed E-state index contributed by atoms with van der Waals surface area (Å²) in [6, 6.07) is 1.98. The fourth-order valence-electron chi connectivity index (χ4n) is 2.49. The molecule has 126 valence electrons. The maximum absolute atomic E-state index is 12.6. The van der Waals surface area contributed by atoms with E-state index in [9.17, 15) is 4.79 Å². The number of fused-ring (bicyclic) bond motifs is 1. The Labute approximate surface area is 139 Å². The van der Waals surface area contributed by atoms with Gasteiger partial charge in [0.05, 0.1) is 29.7 Å². The van der Waals surface area contributed by atoms with Crippen LogP contribution in [0.2, 0.25) is 0 Å². The van der Waals surface area contributed by atoms with Gasteiger partial charge >= 0.3 is 0 Å². The molecule has 0 saturated heterocycles. The maximum atomic E-state index is 12.6. The molecule has 0 aliphatic rings. The van der Waals surface area contributed by atoms with Gasteiger partial charge in [0.1, 0.15) is 0 Å². The van der Waals surface area contributed by atoms with E-state index in [0.29, 0.717) is 17.3 Å². The van der Waals surface area contributed by atoms with Gasteiger partial charge in [0, 0.05) is 12.6 Å². The molecule has 3 aromatic heterocycles. The van der Waals surface area contributed by atoms with Crippen LogP contribution in [0, 0.1) is 13.8 Å². The molecule has 24 heavy (non-hydrogen) atoms. The predicted octanol–water partition coefficient (Wildman–Crippen LogP) is 2.33. The smallest absolute Gasteiger partial charge is 0.252 e. The van der Waals surface area contributed by atoms with Crippen LogP contribution >= 0.6 is 0 Å². The second kappa shape index (κ2) is 6.38. The van der Waals surface area contributed by atoms with Crippen molar-refractivity contribution in [3.8, 4) is 0 Å². The number of rotatable bonds is 5. The quantitative estimate of drug-likeness (QED) is 0.772. The number of carbonyl (C=O) groups excluding carboxylic acids is 1. The van der Waals surface area contributed by atoms with E-state index in [-0.39, 0.29) is 18.5 Å². The monoisotopic (exact) mass is 328 g/mol. The van der Waals surface area contributed by atoms with Gasteiger partial charge in [-0.25, -0.2) is 9.67 Å². The van der Waals surface area contributed by atoms with Gasteiger partial charge in [-0.2, -0.15) is 10.1 Å². The van der Waals surface area contributed by atoms with Crippen LogP contribution in [0.25, 0.3) is 11.0 Å². The molecular formula is C16H20N6O2. The molecule has 1 N–H and O–H groups in total. The summed E-state index contributed by atoms with van der Waals surface area (Å²) < 4.78 is 6.76. The van der Waals surface area contributed by atoms with Crippen LogP contribution < -0.4 is 5.32 Å². The van der Waals surface area contributed by atoms with E-state index in [4.69, 9.17) is 4.52 Å². The summed E-state index contributed by atoms with van der Waals surface area (Å²) in [4.78, 5) is 21.2. The van der Waals surface area contributed by atoms with Gasteiger partial charge < -0.3 is 9.84 Å². The zero-order chi connectivity index (χ0) is 17.3.